The smallest absolute Gasteiger partial charge is 0.322 e. The number of hydrogen-bond acceptors (Lipinski definition) is 6. The third-order valence-electron chi connectivity index (χ3n) is 3.49. The summed E-state index contributed by atoms with van der Waals surface area (Å²) in [6, 6.07) is 1.17. The average Bonchev–Trinajstić information content (AvgIpc) is 2.35. The van der Waals surface area contributed by atoms with Crippen LogP contribution in [0.4, 0.5) is 5.95 Å². The predicted octanol–water partition coefficient (Wildman–Crippen LogP) is 1.45. The summed E-state index contributed by atoms with van der Waals surface area (Å²) >= 11 is 5.93. The topological polar surface area (TPSA) is 54.4 Å². The lowest BCUT2D eigenvalue weighted by atomic mass is 10.1. The number of likely N-dealkylation sites (N-methyl/N-ethyl adjacent to an activating group) is 1. The van der Waals surface area contributed by atoms with Gasteiger partial charge < -0.3 is 9.64 Å². The zero-order chi connectivity index (χ0) is 14.0. The summed E-state index contributed by atoms with van der Waals surface area (Å²) < 4.78 is 5.31. The molecule has 2 heterocycles. The van der Waals surface area contributed by atoms with E-state index in [2.05, 4.69) is 45.6 Å². The highest BCUT2D eigenvalue weighted by Crippen LogP contribution is 2.20. The van der Waals surface area contributed by atoms with Crippen LogP contribution in [0.1, 0.15) is 20.8 Å². The zero-order valence-electron chi connectivity index (χ0n) is 11.8. The maximum Gasteiger partial charge on any atom is 0.322 e. The monoisotopic (exact) mass is 285 g/mol. The molecule has 7 heteroatoms. The molecule has 0 amide bonds. The Balaban J connectivity index is 2.21. The van der Waals surface area contributed by atoms with Crippen LogP contribution in [-0.2, 0) is 0 Å². The van der Waals surface area contributed by atoms with Crippen LogP contribution in [0.3, 0.4) is 0 Å². The van der Waals surface area contributed by atoms with Crippen LogP contribution in [0.2, 0.25) is 5.28 Å². The molecule has 0 saturated carbocycles. The van der Waals surface area contributed by atoms with Gasteiger partial charge in [0.1, 0.15) is 0 Å². The number of ether oxygens (including phenoxy) is 1. The van der Waals surface area contributed by atoms with Crippen molar-refractivity contribution in [2.24, 2.45) is 0 Å². The molecule has 19 heavy (non-hydrogen) atoms. The summed E-state index contributed by atoms with van der Waals surface area (Å²) in [5.74, 6) is 0.593. The van der Waals surface area contributed by atoms with Crippen molar-refractivity contribution in [3.63, 3.8) is 0 Å². The largest absolute Gasteiger partial charge is 0.464 e. The van der Waals surface area contributed by atoms with Gasteiger partial charge in [-0.15, -0.1) is 0 Å². The molecule has 0 bridgehead atoms. The average molecular weight is 286 g/mol. The first-order chi connectivity index (χ1) is 9.01. The number of piperazine rings is 1. The second-order valence-corrected chi connectivity index (χ2v) is 5.23. The molecule has 1 fully saturated rings. The summed E-state index contributed by atoms with van der Waals surface area (Å²) in [5, 5.41) is 0.174. The van der Waals surface area contributed by atoms with Crippen LogP contribution in [0.15, 0.2) is 0 Å². The lowest BCUT2D eigenvalue weighted by Crippen LogP contribution is -2.55. The molecule has 2 atom stereocenters. The molecule has 0 N–H and O–H groups in total. The van der Waals surface area contributed by atoms with Crippen LogP contribution in [-0.4, -0.2) is 58.7 Å². The summed E-state index contributed by atoms with van der Waals surface area (Å²) in [6.07, 6.45) is 0. The van der Waals surface area contributed by atoms with Crippen molar-refractivity contribution in [2.75, 3.05) is 31.6 Å². The Labute approximate surface area is 118 Å². The first kappa shape index (κ1) is 14.3. The van der Waals surface area contributed by atoms with Gasteiger partial charge in [-0.25, -0.2) is 0 Å². The summed E-state index contributed by atoms with van der Waals surface area (Å²) in [6.45, 7) is 8.51. The third kappa shape index (κ3) is 3.25. The van der Waals surface area contributed by atoms with Gasteiger partial charge in [0, 0.05) is 25.2 Å². The highest BCUT2D eigenvalue weighted by Gasteiger charge is 2.28. The fraction of sp³-hybridized carbons (Fsp3) is 0.750. The molecular weight excluding hydrogens is 266 g/mol. The normalized spacial score (nSPS) is 24.6. The molecule has 106 valence electrons. The fourth-order valence-corrected chi connectivity index (χ4v) is 2.37. The second kappa shape index (κ2) is 5.88. The van der Waals surface area contributed by atoms with Crippen LogP contribution in [0, 0.1) is 0 Å². The van der Waals surface area contributed by atoms with E-state index in [9.17, 15) is 0 Å². The molecule has 0 aromatic carbocycles. The second-order valence-electron chi connectivity index (χ2n) is 4.89. The van der Waals surface area contributed by atoms with Gasteiger partial charge in [-0.05, 0) is 39.4 Å². The first-order valence-corrected chi connectivity index (χ1v) is 6.90. The van der Waals surface area contributed by atoms with E-state index < -0.39 is 0 Å². The molecule has 1 aromatic heterocycles. The third-order valence-corrected chi connectivity index (χ3v) is 3.66. The first-order valence-electron chi connectivity index (χ1n) is 6.52. The lowest BCUT2D eigenvalue weighted by molar-refractivity contribution is 0.169. The van der Waals surface area contributed by atoms with E-state index in [1.165, 1.54) is 0 Å². The van der Waals surface area contributed by atoms with Gasteiger partial charge in [-0.2, -0.15) is 15.0 Å². The Kier molecular flexibility index (Phi) is 4.42. The molecule has 2 unspecified atom stereocenters. The van der Waals surface area contributed by atoms with E-state index in [4.69, 9.17) is 16.3 Å². The number of halogens is 1. The maximum absolute atomic E-state index is 5.93. The molecule has 0 spiro atoms. The standard InChI is InChI=1S/C12H20ClN5O/c1-5-19-12-15-10(13)14-11(16-12)18-6-8(2)17(4)9(3)7-18/h8-9H,5-7H2,1-4H3. The number of anilines is 1. The lowest BCUT2D eigenvalue weighted by Gasteiger charge is -2.42. The van der Waals surface area contributed by atoms with Crippen molar-refractivity contribution >= 4 is 17.5 Å². The highest BCUT2D eigenvalue weighted by molar-refractivity contribution is 6.28. The van der Waals surface area contributed by atoms with Crippen molar-refractivity contribution in [3.05, 3.63) is 5.28 Å². The predicted molar refractivity (Wildman–Crippen MR) is 74.9 cm³/mol. The minimum atomic E-state index is 0.174. The SMILES string of the molecule is CCOc1nc(Cl)nc(N2CC(C)N(C)C(C)C2)n1. The Morgan fingerprint density at radius 2 is 1.84 bits per heavy atom. The van der Waals surface area contributed by atoms with Crippen LogP contribution >= 0.6 is 11.6 Å². The van der Waals surface area contributed by atoms with Gasteiger partial charge >= 0.3 is 6.01 Å². The summed E-state index contributed by atoms with van der Waals surface area (Å²) in [4.78, 5) is 17.0. The minimum absolute atomic E-state index is 0.174. The van der Waals surface area contributed by atoms with E-state index in [0.29, 0.717) is 24.6 Å². The quantitative estimate of drug-likeness (QED) is 0.838. The van der Waals surface area contributed by atoms with Gasteiger partial charge in [0.15, 0.2) is 0 Å². The van der Waals surface area contributed by atoms with Crippen LogP contribution in [0.25, 0.3) is 0 Å². The Morgan fingerprint density at radius 3 is 2.42 bits per heavy atom. The molecule has 0 radical (unpaired) electrons. The van der Waals surface area contributed by atoms with Gasteiger partial charge in [0.25, 0.3) is 0 Å². The molecule has 1 aromatic rings. The van der Waals surface area contributed by atoms with Gasteiger partial charge in [-0.3, -0.25) is 4.90 Å². The molecule has 2 rings (SSSR count). The number of hydrogen-bond donors (Lipinski definition) is 0. The minimum Gasteiger partial charge on any atom is -0.464 e. The van der Waals surface area contributed by atoms with Crippen LogP contribution < -0.4 is 9.64 Å². The van der Waals surface area contributed by atoms with E-state index in [0.717, 1.165) is 13.1 Å². The van der Waals surface area contributed by atoms with E-state index in [-0.39, 0.29) is 11.3 Å². The van der Waals surface area contributed by atoms with Crippen molar-refractivity contribution in [3.8, 4) is 6.01 Å². The maximum atomic E-state index is 5.93. The van der Waals surface area contributed by atoms with Gasteiger partial charge in [0.2, 0.25) is 11.2 Å². The van der Waals surface area contributed by atoms with Gasteiger partial charge in [0.05, 0.1) is 6.61 Å². The van der Waals surface area contributed by atoms with E-state index in [1.807, 2.05) is 6.92 Å². The van der Waals surface area contributed by atoms with E-state index in [1.54, 1.807) is 0 Å². The summed E-state index contributed by atoms with van der Waals surface area (Å²) in [7, 11) is 2.14. The summed E-state index contributed by atoms with van der Waals surface area (Å²) in [5.41, 5.74) is 0. The molecular formula is C12H20ClN5O. The molecule has 6 nitrogen and oxygen atoms in total. The Morgan fingerprint density at radius 1 is 1.21 bits per heavy atom. The number of aromatic nitrogens is 3. The van der Waals surface area contributed by atoms with Crippen molar-refractivity contribution in [2.45, 2.75) is 32.9 Å². The Hall–Kier alpha value is -1.14. The number of rotatable bonds is 3. The van der Waals surface area contributed by atoms with Gasteiger partial charge in [-0.1, -0.05) is 0 Å². The molecule has 1 aliphatic heterocycles. The molecule has 1 saturated heterocycles. The number of nitrogens with zero attached hydrogens (tertiary/aromatic N) is 5. The molecule has 1 aliphatic rings. The fourth-order valence-electron chi connectivity index (χ4n) is 2.22. The van der Waals surface area contributed by atoms with Crippen molar-refractivity contribution in [1.29, 1.82) is 0 Å². The van der Waals surface area contributed by atoms with E-state index >= 15 is 0 Å². The van der Waals surface area contributed by atoms with Crippen molar-refractivity contribution in [1.82, 2.24) is 19.9 Å². The Bertz CT molecular complexity index is 432. The molecule has 0 aliphatic carbocycles. The zero-order valence-corrected chi connectivity index (χ0v) is 12.6. The van der Waals surface area contributed by atoms with Crippen molar-refractivity contribution < 1.29 is 4.74 Å². The highest BCUT2D eigenvalue weighted by atomic mass is 35.5. The van der Waals surface area contributed by atoms with Crippen LogP contribution in [0.5, 0.6) is 6.01 Å².